The summed E-state index contributed by atoms with van der Waals surface area (Å²) in [5.41, 5.74) is 0. The Morgan fingerprint density at radius 1 is 1.57 bits per heavy atom. The van der Waals surface area contributed by atoms with E-state index in [1.165, 1.54) is 28.1 Å². The summed E-state index contributed by atoms with van der Waals surface area (Å²) < 4.78 is 1.61. The summed E-state index contributed by atoms with van der Waals surface area (Å²) in [6.07, 6.45) is 7.75. The SMILES string of the molecule is N.[MgH][C]1=CC=CC1. The lowest BCUT2D eigenvalue weighted by Gasteiger charge is -1.80. The van der Waals surface area contributed by atoms with Crippen molar-refractivity contribution in [1.29, 1.82) is 0 Å². The summed E-state index contributed by atoms with van der Waals surface area (Å²) in [5, 5.41) is 0. The van der Waals surface area contributed by atoms with Gasteiger partial charge in [0.1, 0.15) is 0 Å². The van der Waals surface area contributed by atoms with Crippen molar-refractivity contribution in [3.63, 3.8) is 0 Å². The quantitative estimate of drug-likeness (QED) is 0.459. The minimum Gasteiger partial charge on any atom is -0.344 e. The van der Waals surface area contributed by atoms with Crippen LogP contribution in [0.4, 0.5) is 0 Å². The normalized spacial score (nSPS) is 15.6. The van der Waals surface area contributed by atoms with E-state index >= 15 is 0 Å². The van der Waals surface area contributed by atoms with Crippen molar-refractivity contribution < 1.29 is 0 Å². The maximum Gasteiger partial charge on any atom is 0.377 e. The zero-order valence-electron chi connectivity index (χ0n) is 4.65. The summed E-state index contributed by atoms with van der Waals surface area (Å²) in [5.74, 6) is 0. The predicted molar refractivity (Wildman–Crippen MR) is 34.0 cm³/mol. The third kappa shape index (κ3) is 2.11. The van der Waals surface area contributed by atoms with E-state index in [4.69, 9.17) is 0 Å². The first kappa shape index (κ1) is 7.21. The Balaban J connectivity index is 0.000000360. The molecule has 1 aliphatic carbocycles. The average molecular weight is 107 g/mol. The third-order valence-corrected chi connectivity index (χ3v) is 1.70. The molecule has 0 aliphatic heterocycles. The molecule has 1 nitrogen and oxygen atoms in total. The number of allylic oxidation sites excluding steroid dienone is 4. The van der Waals surface area contributed by atoms with Gasteiger partial charge in [-0.3, -0.25) is 0 Å². The second-order valence-electron chi connectivity index (χ2n) is 1.65. The van der Waals surface area contributed by atoms with E-state index < -0.39 is 0 Å². The zero-order chi connectivity index (χ0) is 4.41. The van der Waals surface area contributed by atoms with Crippen molar-refractivity contribution in [2.24, 2.45) is 0 Å². The average Bonchev–Trinajstić information content (AvgIpc) is 1.86. The molecule has 1 rings (SSSR count). The molecule has 0 aromatic heterocycles. The van der Waals surface area contributed by atoms with Crippen molar-refractivity contribution in [3.8, 4) is 0 Å². The van der Waals surface area contributed by atoms with Crippen LogP contribution in [0, 0.1) is 0 Å². The van der Waals surface area contributed by atoms with Gasteiger partial charge in [-0.25, -0.2) is 0 Å². The number of rotatable bonds is 0. The fourth-order valence-electron chi connectivity index (χ4n) is 0.554. The smallest absolute Gasteiger partial charge is 0.344 e. The molecule has 1 aliphatic rings. The molecule has 0 fully saturated rings. The van der Waals surface area contributed by atoms with Crippen molar-refractivity contribution in [2.45, 2.75) is 6.42 Å². The van der Waals surface area contributed by atoms with Gasteiger partial charge in [0.05, 0.1) is 0 Å². The fraction of sp³-hybridized carbons (Fsp3) is 0.200. The lowest BCUT2D eigenvalue weighted by atomic mass is 10.5. The minimum absolute atomic E-state index is 0. The van der Waals surface area contributed by atoms with Gasteiger partial charge < -0.3 is 6.15 Å². The highest BCUT2D eigenvalue weighted by Gasteiger charge is 1.85. The van der Waals surface area contributed by atoms with Crippen LogP contribution in [0.1, 0.15) is 6.42 Å². The maximum atomic E-state index is 2.20. The Kier molecular flexibility index (Phi) is 3.33. The highest BCUT2D eigenvalue weighted by molar-refractivity contribution is 6.22. The molecule has 7 heavy (non-hydrogen) atoms. The maximum absolute atomic E-state index is 2.20. The first-order valence-corrected chi connectivity index (χ1v) is 3.22. The summed E-state index contributed by atoms with van der Waals surface area (Å²) in [4.78, 5) is 0. The molecule has 0 radical (unpaired) electrons. The van der Waals surface area contributed by atoms with Gasteiger partial charge in [0.25, 0.3) is 0 Å². The van der Waals surface area contributed by atoms with E-state index in [2.05, 4.69) is 18.2 Å². The van der Waals surface area contributed by atoms with E-state index in [0.29, 0.717) is 0 Å². The van der Waals surface area contributed by atoms with E-state index in [0.717, 1.165) is 0 Å². The largest absolute Gasteiger partial charge is 0.377 e. The molecule has 0 spiro atoms. The summed E-state index contributed by atoms with van der Waals surface area (Å²) in [7, 11) is 0. The van der Waals surface area contributed by atoms with Crippen LogP contribution in [0.5, 0.6) is 0 Å². The predicted octanol–water partition coefficient (Wildman–Crippen LogP) is 0.893. The molecule has 0 saturated carbocycles. The Hall–Kier alpha value is 0.206. The van der Waals surface area contributed by atoms with Crippen LogP contribution in [-0.2, 0) is 0 Å². The standard InChI is InChI=1S/C5H5.Mg.H3N.H/c1-2-4-5-3-1;;;/h1-3H,4H2;;1H3;. The van der Waals surface area contributed by atoms with E-state index in [1.807, 2.05) is 0 Å². The van der Waals surface area contributed by atoms with Crippen LogP contribution < -0.4 is 6.15 Å². The topological polar surface area (TPSA) is 35.0 Å². The highest BCUT2D eigenvalue weighted by Crippen LogP contribution is 2.03. The summed E-state index contributed by atoms with van der Waals surface area (Å²) in [6, 6.07) is 0. The van der Waals surface area contributed by atoms with E-state index in [9.17, 15) is 0 Å². The van der Waals surface area contributed by atoms with Gasteiger partial charge in [0, 0.05) is 0 Å². The first-order chi connectivity index (χ1) is 2.89. The summed E-state index contributed by atoms with van der Waals surface area (Å²) >= 11 is 1.25. The fourth-order valence-corrected chi connectivity index (χ4v) is 0.982. The van der Waals surface area contributed by atoms with Gasteiger partial charge in [-0.2, -0.15) is 3.70 Å². The Labute approximate surface area is 56.5 Å². The lowest BCUT2D eigenvalue weighted by molar-refractivity contribution is 1.41. The Bertz CT molecular complexity index is 105. The highest BCUT2D eigenvalue weighted by atomic mass is 24.4. The number of hydrogen-bond donors (Lipinski definition) is 1. The van der Waals surface area contributed by atoms with Gasteiger partial charge in [0.15, 0.2) is 0 Å². The molecule has 0 atom stereocenters. The molecule has 0 bridgehead atoms. The van der Waals surface area contributed by atoms with E-state index in [-0.39, 0.29) is 6.15 Å². The lowest BCUT2D eigenvalue weighted by Crippen LogP contribution is -1.68. The van der Waals surface area contributed by atoms with Crippen LogP contribution in [0.25, 0.3) is 0 Å². The molecule has 3 N–H and O–H groups in total. The molecule has 0 amide bonds. The monoisotopic (exact) mass is 107 g/mol. The van der Waals surface area contributed by atoms with Gasteiger partial charge >= 0.3 is 21.7 Å². The number of hydrogen-bond acceptors (Lipinski definition) is 1. The van der Waals surface area contributed by atoms with Gasteiger partial charge in [-0.15, -0.1) is 0 Å². The zero-order valence-corrected chi connectivity index (χ0v) is 6.65. The molecule has 0 aromatic carbocycles. The van der Waals surface area contributed by atoms with Gasteiger partial charge in [-0.1, -0.05) is 18.2 Å². The van der Waals surface area contributed by atoms with E-state index in [1.54, 1.807) is 3.70 Å². The second-order valence-corrected chi connectivity index (χ2v) is 2.93. The molecular weight excluding hydrogens is 98.4 g/mol. The van der Waals surface area contributed by atoms with Crippen molar-refractivity contribution in [1.82, 2.24) is 6.15 Å². The van der Waals surface area contributed by atoms with Crippen molar-refractivity contribution >= 4 is 21.7 Å². The summed E-state index contributed by atoms with van der Waals surface area (Å²) in [6.45, 7) is 0. The van der Waals surface area contributed by atoms with Crippen LogP contribution >= 0.6 is 0 Å². The Morgan fingerprint density at radius 2 is 2.29 bits per heavy atom. The van der Waals surface area contributed by atoms with Crippen molar-refractivity contribution in [3.05, 3.63) is 21.9 Å². The van der Waals surface area contributed by atoms with Crippen LogP contribution in [0.2, 0.25) is 0 Å². The first-order valence-electron chi connectivity index (χ1n) is 2.22. The Morgan fingerprint density at radius 3 is 2.43 bits per heavy atom. The second kappa shape index (κ2) is 3.24. The van der Waals surface area contributed by atoms with Crippen LogP contribution in [0.15, 0.2) is 21.9 Å². The van der Waals surface area contributed by atoms with Crippen LogP contribution in [-0.4, -0.2) is 21.7 Å². The molecule has 0 heterocycles. The van der Waals surface area contributed by atoms with Gasteiger partial charge in [0.2, 0.25) is 0 Å². The molecular formula is C5H9MgN. The molecule has 0 unspecified atom stereocenters. The molecule has 2 heteroatoms. The molecule has 0 aromatic rings. The molecule has 36 valence electrons. The van der Waals surface area contributed by atoms with Gasteiger partial charge in [-0.05, 0) is 6.42 Å². The third-order valence-electron chi connectivity index (χ3n) is 0.957. The van der Waals surface area contributed by atoms with Crippen molar-refractivity contribution in [2.75, 3.05) is 0 Å². The van der Waals surface area contributed by atoms with Crippen LogP contribution in [0.3, 0.4) is 0 Å². The molecule has 0 saturated heterocycles. The minimum atomic E-state index is 0.